The van der Waals surface area contributed by atoms with E-state index in [-0.39, 0.29) is 24.5 Å². The van der Waals surface area contributed by atoms with E-state index in [9.17, 15) is 9.59 Å². The second kappa shape index (κ2) is 7.40. The van der Waals surface area contributed by atoms with Crippen molar-refractivity contribution < 1.29 is 9.59 Å². The number of thiophene rings is 1. The Hall–Kier alpha value is -1.40. The maximum atomic E-state index is 11.8. The highest BCUT2D eigenvalue weighted by molar-refractivity contribution is 7.09. The van der Waals surface area contributed by atoms with Crippen LogP contribution in [-0.2, 0) is 11.3 Å². The lowest BCUT2D eigenvalue weighted by Crippen LogP contribution is -2.46. The minimum atomic E-state index is -0.369. The molecular formula is C14H21N3O2S. The van der Waals surface area contributed by atoms with Gasteiger partial charge in [-0.15, -0.1) is 11.3 Å². The number of likely N-dealkylation sites (N-methyl/N-ethyl adjacent to an activating group) is 1. The quantitative estimate of drug-likeness (QED) is 0.873. The van der Waals surface area contributed by atoms with Crippen LogP contribution < -0.4 is 10.6 Å². The lowest BCUT2D eigenvalue weighted by Gasteiger charge is -2.16. The van der Waals surface area contributed by atoms with Crippen molar-refractivity contribution in [3.05, 3.63) is 22.4 Å². The molecule has 5 nitrogen and oxygen atoms in total. The third-order valence-electron chi connectivity index (χ3n) is 3.36. The Bertz CT molecular complexity index is 441. The van der Waals surface area contributed by atoms with Crippen LogP contribution in [0.3, 0.4) is 0 Å². The van der Waals surface area contributed by atoms with Gasteiger partial charge in [-0.3, -0.25) is 15.0 Å². The molecule has 0 aromatic carbocycles. The molecule has 0 bridgehead atoms. The predicted octanol–water partition coefficient (Wildman–Crippen LogP) is 1.95. The summed E-state index contributed by atoms with van der Waals surface area (Å²) in [5.74, 6) is -0.264. The zero-order valence-electron chi connectivity index (χ0n) is 11.7. The summed E-state index contributed by atoms with van der Waals surface area (Å²) in [7, 11) is 1.87. The third-order valence-corrected chi connectivity index (χ3v) is 4.22. The van der Waals surface area contributed by atoms with E-state index in [2.05, 4.69) is 10.6 Å². The number of nitrogens with one attached hydrogen (secondary N) is 2. The molecule has 1 fully saturated rings. The number of carbonyl (C=O) groups excluding carboxylic acids is 2. The maximum Gasteiger partial charge on any atom is 0.321 e. The van der Waals surface area contributed by atoms with E-state index in [1.54, 1.807) is 11.3 Å². The summed E-state index contributed by atoms with van der Waals surface area (Å²) in [6.07, 6.45) is 4.34. The molecule has 1 aromatic rings. The molecule has 1 heterocycles. The number of imide groups is 1. The Morgan fingerprint density at radius 3 is 2.80 bits per heavy atom. The Labute approximate surface area is 123 Å². The lowest BCUT2D eigenvalue weighted by atomic mass is 10.2. The van der Waals surface area contributed by atoms with Crippen LogP contribution in [-0.4, -0.2) is 36.5 Å². The lowest BCUT2D eigenvalue weighted by molar-refractivity contribution is -0.120. The van der Waals surface area contributed by atoms with Crippen molar-refractivity contribution in [2.75, 3.05) is 13.6 Å². The van der Waals surface area contributed by atoms with E-state index < -0.39 is 0 Å². The third kappa shape index (κ3) is 4.94. The number of amides is 3. The first-order chi connectivity index (χ1) is 9.63. The second-order valence-corrected chi connectivity index (χ2v) is 6.29. The first-order valence-electron chi connectivity index (χ1n) is 6.95. The van der Waals surface area contributed by atoms with Gasteiger partial charge in [-0.1, -0.05) is 18.9 Å². The van der Waals surface area contributed by atoms with E-state index in [1.165, 1.54) is 4.88 Å². The van der Waals surface area contributed by atoms with Crippen LogP contribution in [0.15, 0.2) is 17.5 Å². The van der Waals surface area contributed by atoms with E-state index in [0.717, 1.165) is 32.2 Å². The summed E-state index contributed by atoms with van der Waals surface area (Å²) < 4.78 is 0. The molecule has 0 unspecified atom stereocenters. The smallest absolute Gasteiger partial charge is 0.321 e. The minimum absolute atomic E-state index is 0.218. The fraction of sp³-hybridized carbons (Fsp3) is 0.571. The molecule has 0 radical (unpaired) electrons. The monoisotopic (exact) mass is 295 g/mol. The highest BCUT2D eigenvalue weighted by atomic mass is 32.1. The van der Waals surface area contributed by atoms with Gasteiger partial charge in [0, 0.05) is 17.5 Å². The van der Waals surface area contributed by atoms with Gasteiger partial charge in [-0.05, 0) is 31.3 Å². The Morgan fingerprint density at radius 2 is 2.15 bits per heavy atom. The van der Waals surface area contributed by atoms with Crippen LogP contribution in [0.2, 0.25) is 0 Å². The Morgan fingerprint density at radius 1 is 1.40 bits per heavy atom. The van der Waals surface area contributed by atoms with E-state index in [0.29, 0.717) is 0 Å². The van der Waals surface area contributed by atoms with Crippen LogP contribution in [0.1, 0.15) is 30.6 Å². The first-order valence-corrected chi connectivity index (χ1v) is 7.83. The molecular weight excluding hydrogens is 274 g/mol. The van der Waals surface area contributed by atoms with Crippen molar-refractivity contribution in [3.63, 3.8) is 0 Å². The van der Waals surface area contributed by atoms with Crippen molar-refractivity contribution in [1.29, 1.82) is 0 Å². The van der Waals surface area contributed by atoms with Crippen molar-refractivity contribution in [1.82, 2.24) is 15.5 Å². The molecule has 2 N–H and O–H groups in total. The molecule has 1 aromatic heterocycles. The van der Waals surface area contributed by atoms with Gasteiger partial charge in [0.25, 0.3) is 0 Å². The zero-order valence-corrected chi connectivity index (χ0v) is 12.5. The maximum absolute atomic E-state index is 11.8. The van der Waals surface area contributed by atoms with Crippen LogP contribution in [0, 0.1) is 0 Å². The van der Waals surface area contributed by atoms with Crippen LogP contribution >= 0.6 is 11.3 Å². The molecule has 1 saturated carbocycles. The molecule has 110 valence electrons. The van der Waals surface area contributed by atoms with E-state index >= 15 is 0 Å². The summed E-state index contributed by atoms with van der Waals surface area (Å²) in [5.41, 5.74) is 0. The number of nitrogens with zero attached hydrogens (tertiary/aromatic N) is 1. The molecule has 1 aliphatic rings. The van der Waals surface area contributed by atoms with Gasteiger partial charge in [0.2, 0.25) is 5.91 Å². The molecule has 0 atom stereocenters. The summed E-state index contributed by atoms with van der Waals surface area (Å²) in [6.45, 7) is 0.936. The summed E-state index contributed by atoms with van der Waals surface area (Å²) in [4.78, 5) is 26.5. The van der Waals surface area contributed by atoms with Crippen molar-refractivity contribution in [2.45, 2.75) is 38.3 Å². The topological polar surface area (TPSA) is 61.4 Å². The molecule has 0 spiro atoms. The summed E-state index contributed by atoms with van der Waals surface area (Å²) >= 11 is 1.66. The van der Waals surface area contributed by atoms with Gasteiger partial charge in [-0.2, -0.15) is 0 Å². The second-order valence-electron chi connectivity index (χ2n) is 5.25. The summed E-state index contributed by atoms with van der Waals surface area (Å²) in [5, 5.41) is 7.24. The van der Waals surface area contributed by atoms with Crippen molar-refractivity contribution in [2.24, 2.45) is 0 Å². The predicted molar refractivity (Wildman–Crippen MR) is 79.6 cm³/mol. The van der Waals surface area contributed by atoms with Crippen LogP contribution in [0.4, 0.5) is 4.79 Å². The molecule has 6 heteroatoms. The van der Waals surface area contributed by atoms with Crippen LogP contribution in [0.25, 0.3) is 0 Å². The number of hydrogen-bond acceptors (Lipinski definition) is 4. The fourth-order valence-corrected chi connectivity index (χ4v) is 3.21. The Balaban J connectivity index is 1.67. The largest absolute Gasteiger partial charge is 0.335 e. The fourth-order valence-electron chi connectivity index (χ4n) is 2.43. The molecule has 0 saturated heterocycles. The van der Waals surface area contributed by atoms with Gasteiger partial charge < -0.3 is 5.32 Å². The average Bonchev–Trinajstić information content (AvgIpc) is 3.01. The highest BCUT2D eigenvalue weighted by Gasteiger charge is 2.18. The zero-order chi connectivity index (χ0) is 14.4. The van der Waals surface area contributed by atoms with Crippen LogP contribution in [0.5, 0.6) is 0 Å². The first kappa shape index (κ1) is 15.0. The summed E-state index contributed by atoms with van der Waals surface area (Å²) in [6, 6.07) is 3.88. The number of rotatable bonds is 5. The number of urea groups is 1. The molecule has 20 heavy (non-hydrogen) atoms. The Kier molecular flexibility index (Phi) is 5.55. The number of hydrogen-bond donors (Lipinski definition) is 2. The molecule has 3 amide bonds. The average molecular weight is 295 g/mol. The van der Waals surface area contributed by atoms with Gasteiger partial charge in [0.1, 0.15) is 0 Å². The highest BCUT2D eigenvalue weighted by Crippen LogP contribution is 2.17. The number of carbonyl (C=O) groups is 2. The van der Waals surface area contributed by atoms with E-state index in [1.807, 2.05) is 29.5 Å². The molecule has 2 rings (SSSR count). The SMILES string of the molecule is CN(CC(=O)NC(=O)NC1CCCC1)Cc1cccs1. The standard InChI is InChI=1S/C14H21N3O2S/c1-17(9-12-7-4-8-20-12)10-13(18)16-14(19)15-11-5-2-3-6-11/h4,7-8,11H,2-3,5-6,9-10H2,1H3,(H2,15,16,18,19). The van der Waals surface area contributed by atoms with Gasteiger partial charge in [0.05, 0.1) is 6.54 Å². The molecule has 0 aliphatic heterocycles. The van der Waals surface area contributed by atoms with Gasteiger partial charge in [-0.25, -0.2) is 4.79 Å². The van der Waals surface area contributed by atoms with Gasteiger partial charge >= 0.3 is 6.03 Å². The normalized spacial score (nSPS) is 15.5. The van der Waals surface area contributed by atoms with E-state index in [4.69, 9.17) is 0 Å². The van der Waals surface area contributed by atoms with Crippen molar-refractivity contribution >= 4 is 23.3 Å². The minimum Gasteiger partial charge on any atom is -0.335 e. The van der Waals surface area contributed by atoms with Crippen molar-refractivity contribution in [3.8, 4) is 0 Å². The molecule has 1 aliphatic carbocycles. The van der Waals surface area contributed by atoms with Gasteiger partial charge in [0.15, 0.2) is 0 Å².